The van der Waals surface area contributed by atoms with Crippen molar-refractivity contribution < 1.29 is 13.2 Å². The second kappa shape index (κ2) is 11.1. The Morgan fingerprint density at radius 2 is 1.71 bits per heavy atom. The number of hydrogen-bond acceptors (Lipinski definition) is 4. The fraction of sp³-hybridized carbons (Fsp3) is 0.375. The van der Waals surface area contributed by atoms with Gasteiger partial charge in [-0.25, -0.2) is 8.42 Å². The van der Waals surface area contributed by atoms with Crippen LogP contribution in [0.2, 0.25) is 0 Å². The van der Waals surface area contributed by atoms with Gasteiger partial charge in [-0.1, -0.05) is 49.1 Å². The monoisotopic (exact) mass is 439 g/mol. The summed E-state index contributed by atoms with van der Waals surface area (Å²) in [5.41, 5.74) is 2.53. The van der Waals surface area contributed by atoms with Gasteiger partial charge in [-0.2, -0.15) is 4.72 Å². The van der Waals surface area contributed by atoms with Crippen LogP contribution in [-0.4, -0.2) is 38.9 Å². The largest absolute Gasteiger partial charge is 0.348 e. The van der Waals surface area contributed by atoms with Gasteiger partial charge in [-0.15, -0.1) is 6.42 Å². The van der Waals surface area contributed by atoms with Gasteiger partial charge in [0.15, 0.2) is 0 Å². The smallest absolute Gasteiger partial charge is 0.251 e. The zero-order chi connectivity index (χ0) is 22.1. The van der Waals surface area contributed by atoms with E-state index < -0.39 is 10.0 Å². The zero-order valence-corrected chi connectivity index (χ0v) is 18.5. The SMILES string of the molecule is C#CCNS(=O)(=O)c1cccc(C(=O)NCc2cccc(CN3CCCCCC3)c2)c1. The molecule has 1 aliphatic heterocycles. The number of hydrogen-bond donors (Lipinski definition) is 2. The molecule has 0 unspecified atom stereocenters. The molecule has 0 aromatic heterocycles. The number of carbonyl (C=O) groups excluding carboxylic acids is 1. The first-order valence-electron chi connectivity index (χ1n) is 10.6. The van der Waals surface area contributed by atoms with Gasteiger partial charge in [0.05, 0.1) is 11.4 Å². The quantitative estimate of drug-likeness (QED) is 0.620. The first kappa shape index (κ1) is 23.0. The highest BCUT2D eigenvalue weighted by atomic mass is 32.2. The molecule has 1 heterocycles. The third-order valence-corrected chi connectivity index (χ3v) is 6.72. The maximum absolute atomic E-state index is 12.6. The molecule has 2 N–H and O–H groups in total. The molecule has 7 heteroatoms. The number of likely N-dealkylation sites (tertiary alicyclic amines) is 1. The fourth-order valence-electron chi connectivity index (χ4n) is 3.70. The summed E-state index contributed by atoms with van der Waals surface area (Å²) in [6, 6.07) is 14.2. The Kier molecular flexibility index (Phi) is 8.24. The van der Waals surface area contributed by atoms with Crippen molar-refractivity contribution in [2.75, 3.05) is 19.6 Å². The summed E-state index contributed by atoms with van der Waals surface area (Å²) >= 11 is 0. The average Bonchev–Trinajstić information content (AvgIpc) is 3.05. The van der Waals surface area contributed by atoms with E-state index in [0.717, 1.165) is 25.2 Å². The summed E-state index contributed by atoms with van der Waals surface area (Å²) in [5.74, 6) is 1.90. The lowest BCUT2D eigenvalue weighted by atomic mass is 10.1. The van der Waals surface area contributed by atoms with E-state index in [1.54, 1.807) is 12.1 Å². The fourth-order valence-corrected chi connectivity index (χ4v) is 4.68. The summed E-state index contributed by atoms with van der Waals surface area (Å²) in [6.45, 7) is 3.46. The van der Waals surface area contributed by atoms with Gasteiger partial charge in [0, 0.05) is 18.7 Å². The molecule has 0 atom stereocenters. The summed E-state index contributed by atoms with van der Waals surface area (Å²) in [6.07, 6.45) is 10.2. The van der Waals surface area contributed by atoms with Crippen LogP contribution in [0.25, 0.3) is 0 Å². The Bertz CT molecular complexity index is 1040. The first-order chi connectivity index (χ1) is 15.0. The van der Waals surface area contributed by atoms with Gasteiger partial charge in [0.2, 0.25) is 10.0 Å². The highest BCUT2D eigenvalue weighted by molar-refractivity contribution is 7.89. The molecule has 0 bridgehead atoms. The topological polar surface area (TPSA) is 78.5 Å². The highest BCUT2D eigenvalue weighted by Gasteiger charge is 2.15. The van der Waals surface area contributed by atoms with Crippen molar-refractivity contribution >= 4 is 15.9 Å². The van der Waals surface area contributed by atoms with Crippen LogP contribution >= 0.6 is 0 Å². The summed E-state index contributed by atoms with van der Waals surface area (Å²) in [4.78, 5) is 15.1. The Morgan fingerprint density at radius 3 is 2.45 bits per heavy atom. The molecule has 1 amide bonds. The maximum Gasteiger partial charge on any atom is 0.251 e. The number of nitrogens with zero attached hydrogens (tertiary/aromatic N) is 1. The molecule has 0 spiro atoms. The second-order valence-electron chi connectivity index (χ2n) is 7.75. The molecule has 1 aliphatic rings. The Hall–Kier alpha value is -2.66. The van der Waals surface area contributed by atoms with E-state index in [2.05, 4.69) is 33.0 Å². The molecular weight excluding hydrogens is 410 g/mol. The number of carbonyl (C=O) groups is 1. The Morgan fingerprint density at radius 1 is 1.00 bits per heavy atom. The van der Waals surface area contributed by atoms with Crippen LogP contribution in [0.4, 0.5) is 0 Å². The Balaban J connectivity index is 1.61. The van der Waals surface area contributed by atoms with E-state index in [-0.39, 0.29) is 22.9 Å². The minimum absolute atomic E-state index is 0.00912. The summed E-state index contributed by atoms with van der Waals surface area (Å²) < 4.78 is 26.7. The van der Waals surface area contributed by atoms with Gasteiger partial charge in [-0.05, 0) is 55.3 Å². The van der Waals surface area contributed by atoms with Crippen LogP contribution in [-0.2, 0) is 23.1 Å². The van der Waals surface area contributed by atoms with Gasteiger partial charge >= 0.3 is 0 Å². The van der Waals surface area contributed by atoms with Crippen molar-refractivity contribution in [3.05, 3.63) is 65.2 Å². The van der Waals surface area contributed by atoms with Crippen LogP contribution in [0.3, 0.4) is 0 Å². The molecule has 6 nitrogen and oxygen atoms in total. The molecular formula is C24H29N3O3S. The van der Waals surface area contributed by atoms with Crippen molar-refractivity contribution in [3.63, 3.8) is 0 Å². The molecule has 1 fully saturated rings. The van der Waals surface area contributed by atoms with Crippen LogP contribution in [0.15, 0.2) is 53.4 Å². The second-order valence-corrected chi connectivity index (χ2v) is 9.52. The molecule has 3 rings (SSSR count). The van der Waals surface area contributed by atoms with Crippen molar-refractivity contribution in [3.8, 4) is 12.3 Å². The van der Waals surface area contributed by atoms with Gasteiger partial charge in [0.25, 0.3) is 5.91 Å². The molecule has 0 saturated carbocycles. The molecule has 0 aliphatic carbocycles. The van der Waals surface area contributed by atoms with Crippen LogP contribution in [0, 0.1) is 12.3 Å². The third-order valence-electron chi connectivity index (χ3n) is 5.32. The van der Waals surface area contributed by atoms with E-state index >= 15 is 0 Å². The molecule has 2 aromatic rings. The highest BCUT2D eigenvalue weighted by Crippen LogP contribution is 2.15. The zero-order valence-electron chi connectivity index (χ0n) is 17.6. The third kappa shape index (κ3) is 6.93. The number of amides is 1. The van der Waals surface area contributed by atoms with Crippen molar-refractivity contribution in [2.45, 2.75) is 43.7 Å². The van der Waals surface area contributed by atoms with Crippen LogP contribution < -0.4 is 10.0 Å². The van der Waals surface area contributed by atoms with E-state index in [1.807, 2.05) is 12.1 Å². The number of sulfonamides is 1. The minimum Gasteiger partial charge on any atom is -0.348 e. The van der Waals surface area contributed by atoms with E-state index in [9.17, 15) is 13.2 Å². The van der Waals surface area contributed by atoms with Gasteiger partial charge in [-0.3, -0.25) is 9.69 Å². The van der Waals surface area contributed by atoms with E-state index in [1.165, 1.54) is 43.4 Å². The standard InChI is InChI=1S/C24H29N3O3S/c1-2-13-26-31(29,30)23-12-8-11-22(17-23)24(28)25-18-20-9-7-10-21(16-20)19-27-14-5-3-4-6-15-27/h1,7-12,16-17,26H,3-6,13-15,18-19H2,(H,25,28). The number of rotatable bonds is 8. The number of benzene rings is 2. The lowest BCUT2D eigenvalue weighted by Crippen LogP contribution is -2.26. The lowest BCUT2D eigenvalue weighted by Gasteiger charge is -2.20. The van der Waals surface area contributed by atoms with Crippen molar-refractivity contribution in [2.24, 2.45) is 0 Å². The predicted octanol–water partition coefficient (Wildman–Crippen LogP) is 2.90. The molecule has 164 valence electrons. The maximum atomic E-state index is 12.6. The number of terminal acetylenes is 1. The normalized spacial score (nSPS) is 15.1. The van der Waals surface area contributed by atoms with E-state index in [0.29, 0.717) is 6.54 Å². The summed E-state index contributed by atoms with van der Waals surface area (Å²) in [7, 11) is -3.75. The van der Waals surface area contributed by atoms with E-state index in [4.69, 9.17) is 6.42 Å². The lowest BCUT2D eigenvalue weighted by molar-refractivity contribution is 0.0950. The molecule has 2 aromatic carbocycles. The molecule has 0 radical (unpaired) electrons. The van der Waals surface area contributed by atoms with Crippen LogP contribution in [0.5, 0.6) is 0 Å². The molecule has 31 heavy (non-hydrogen) atoms. The minimum atomic E-state index is -3.75. The first-order valence-corrected chi connectivity index (χ1v) is 12.1. The number of nitrogens with one attached hydrogen (secondary N) is 2. The van der Waals surface area contributed by atoms with Crippen molar-refractivity contribution in [1.82, 2.24) is 14.9 Å². The predicted molar refractivity (Wildman–Crippen MR) is 122 cm³/mol. The molecule has 1 saturated heterocycles. The van der Waals surface area contributed by atoms with Gasteiger partial charge < -0.3 is 5.32 Å². The van der Waals surface area contributed by atoms with Crippen molar-refractivity contribution in [1.29, 1.82) is 0 Å². The average molecular weight is 440 g/mol. The van der Waals surface area contributed by atoms with Gasteiger partial charge in [0.1, 0.15) is 0 Å². The Labute approximate surface area is 185 Å². The van der Waals surface area contributed by atoms with Crippen LogP contribution in [0.1, 0.15) is 47.2 Å². The summed E-state index contributed by atoms with van der Waals surface area (Å²) in [5, 5.41) is 2.88.